The van der Waals surface area contributed by atoms with E-state index < -0.39 is 0 Å². The molecule has 1 heterocycles. The highest BCUT2D eigenvalue weighted by Gasteiger charge is 2.31. The molecule has 1 amide bonds. The van der Waals surface area contributed by atoms with Crippen LogP contribution in [0.4, 0.5) is 0 Å². The van der Waals surface area contributed by atoms with Gasteiger partial charge in [0.05, 0.1) is 6.10 Å². The summed E-state index contributed by atoms with van der Waals surface area (Å²) in [5.74, 6) is -0.0500. The molecule has 0 radical (unpaired) electrons. The summed E-state index contributed by atoms with van der Waals surface area (Å²) in [6.07, 6.45) is 3.63. The SMILES string of the molecule is COC1CC(c2c[nH]c(C(=O)NCc3ccc(C)cc3)cc2=O)C1. The van der Waals surface area contributed by atoms with Crippen LogP contribution < -0.4 is 10.7 Å². The van der Waals surface area contributed by atoms with Crippen LogP contribution in [0.1, 0.15) is 45.9 Å². The lowest BCUT2D eigenvalue weighted by atomic mass is 9.78. The number of aromatic nitrogens is 1. The van der Waals surface area contributed by atoms with Crippen molar-refractivity contribution < 1.29 is 9.53 Å². The Bertz CT molecular complexity index is 774. The van der Waals surface area contributed by atoms with E-state index in [9.17, 15) is 9.59 Å². The highest BCUT2D eigenvalue weighted by molar-refractivity contribution is 5.92. The Morgan fingerprint density at radius 2 is 2.00 bits per heavy atom. The molecule has 24 heavy (non-hydrogen) atoms. The number of amides is 1. The number of pyridine rings is 1. The van der Waals surface area contributed by atoms with Gasteiger partial charge in [0.2, 0.25) is 0 Å². The lowest BCUT2D eigenvalue weighted by Gasteiger charge is -2.33. The van der Waals surface area contributed by atoms with E-state index in [1.165, 1.54) is 11.6 Å². The molecule has 1 saturated carbocycles. The van der Waals surface area contributed by atoms with E-state index in [0.29, 0.717) is 12.2 Å². The van der Waals surface area contributed by atoms with Crippen molar-refractivity contribution in [1.29, 1.82) is 0 Å². The van der Waals surface area contributed by atoms with E-state index >= 15 is 0 Å². The molecule has 3 rings (SSSR count). The third kappa shape index (κ3) is 3.57. The molecule has 5 heteroatoms. The van der Waals surface area contributed by atoms with Gasteiger partial charge in [-0.2, -0.15) is 0 Å². The number of nitrogens with one attached hydrogen (secondary N) is 2. The van der Waals surface area contributed by atoms with Gasteiger partial charge in [0.1, 0.15) is 5.69 Å². The number of hydrogen-bond acceptors (Lipinski definition) is 3. The van der Waals surface area contributed by atoms with Crippen molar-refractivity contribution in [3.05, 3.63) is 69.1 Å². The van der Waals surface area contributed by atoms with Gasteiger partial charge >= 0.3 is 0 Å². The van der Waals surface area contributed by atoms with Crippen LogP contribution in [0.3, 0.4) is 0 Å². The fourth-order valence-electron chi connectivity index (χ4n) is 2.93. The maximum absolute atomic E-state index is 12.2. The quantitative estimate of drug-likeness (QED) is 0.887. The molecule has 2 aromatic rings. The Morgan fingerprint density at radius 3 is 2.62 bits per heavy atom. The maximum atomic E-state index is 12.2. The van der Waals surface area contributed by atoms with Crippen LogP contribution in [0, 0.1) is 6.92 Å². The molecule has 0 unspecified atom stereocenters. The average Bonchev–Trinajstić information content (AvgIpc) is 2.54. The molecule has 0 spiro atoms. The number of H-pyrrole nitrogens is 1. The minimum absolute atomic E-state index is 0.0891. The summed E-state index contributed by atoms with van der Waals surface area (Å²) in [5, 5.41) is 2.83. The first kappa shape index (κ1) is 16.5. The first-order valence-electron chi connectivity index (χ1n) is 8.16. The monoisotopic (exact) mass is 326 g/mol. The minimum Gasteiger partial charge on any atom is -0.381 e. The van der Waals surface area contributed by atoms with Crippen LogP contribution in [0.15, 0.2) is 41.3 Å². The van der Waals surface area contributed by atoms with E-state index in [4.69, 9.17) is 4.74 Å². The van der Waals surface area contributed by atoms with Crippen molar-refractivity contribution >= 4 is 5.91 Å². The Balaban J connectivity index is 1.62. The highest BCUT2D eigenvalue weighted by Crippen LogP contribution is 2.36. The van der Waals surface area contributed by atoms with Gasteiger partial charge < -0.3 is 15.0 Å². The van der Waals surface area contributed by atoms with Gasteiger partial charge in [0.25, 0.3) is 5.91 Å². The second-order valence-electron chi connectivity index (χ2n) is 6.36. The number of carbonyl (C=O) groups is 1. The normalized spacial score (nSPS) is 19.6. The first-order chi connectivity index (χ1) is 11.6. The molecule has 1 aromatic heterocycles. The molecule has 1 fully saturated rings. The zero-order chi connectivity index (χ0) is 17.1. The summed E-state index contributed by atoms with van der Waals surface area (Å²) >= 11 is 0. The van der Waals surface area contributed by atoms with Crippen LogP contribution in [-0.2, 0) is 11.3 Å². The van der Waals surface area contributed by atoms with E-state index in [-0.39, 0.29) is 23.4 Å². The molecular weight excluding hydrogens is 304 g/mol. The molecule has 0 atom stereocenters. The average molecular weight is 326 g/mol. The number of rotatable bonds is 5. The van der Waals surface area contributed by atoms with E-state index in [0.717, 1.165) is 24.0 Å². The lowest BCUT2D eigenvalue weighted by Crippen LogP contribution is -2.32. The lowest BCUT2D eigenvalue weighted by molar-refractivity contribution is 0.0254. The van der Waals surface area contributed by atoms with Gasteiger partial charge in [-0.05, 0) is 31.2 Å². The summed E-state index contributed by atoms with van der Waals surface area (Å²) in [6, 6.07) is 9.35. The Kier molecular flexibility index (Phi) is 4.81. The Hall–Kier alpha value is -2.40. The molecule has 5 nitrogen and oxygen atoms in total. The van der Waals surface area contributed by atoms with Gasteiger partial charge in [-0.3, -0.25) is 9.59 Å². The van der Waals surface area contributed by atoms with Crippen molar-refractivity contribution in [2.75, 3.05) is 7.11 Å². The van der Waals surface area contributed by atoms with Crippen LogP contribution in [0.2, 0.25) is 0 Å². The zero-order valence-corrected chi connectivity index (χ0v) is 14.0. The number of aromatic amines is 1. The fraction of sp³-hybridized carbons (Fsp3) is 0.368. The number of hydrogen-bond donors (Lipinski definition) is 2. The molecular formula is C19H22N2O3. The molecule has 0 bridgehead atoms. The summed E-state index contributed by atoms with van der Waals surface area (Å²) in [7, 11) is 1.69. The van der Waals surface area contributed by atoms with Crippen LogP contribution in [0.25, 0.3) is 0 Å². The summed E-state index contributed by atoms with van der Waals surface area (Å²) in [4.78, 5) is 27.4. The Morgan fingerprint density at radius 1 is 1.29 bits per heavy atom. The second kappa shape index (κ2) is 7.01. The molecule has 126 valence electrons. The number of carbonyl (C=O) groups excluding carboxylic acids is 1. The molecule has 1 aliphatic carbocycles. The predicted octanol–water partition coefficient (Wildman–Crippen LogP) is 2.51. The fourth-order valence-corrected chi connectivity index (χ4v) is 2.93. The second-order valence-corrected chi connectivity index (χ2v) is 6.36. The molecule has 0 aliphatic heterocycles. The van der Waals surface area contributed by atoms with E-state index in [1.54, 1.807) is 13.3 Å². The van der Waals surface area contributed by atoms with Gasteiger partial charge in [0.15, 0.2) is 5.43 Å². The van der Waals surface area contributed by atoms with E-state index in [2.05, 4.69) is 10.3 Å². The summed E-state index contributed by atoms with van der Waals surface area (Å²) in [6.45, 7) is 2.45. The summed E-state index contributed by atoms with van der Waals surface area (Å²) in [5.41, 5.74) is 3.13. The predicted molar refractivity (Wildman–Crippen MR) is 92.2 cm³/mol. The van der Waals surface area contributed by atoms with Crippen molar-refractivity contribution in [2.45, 2.75) is 38.3 Å². The smallest absolute Gasteiger partial charge is 0.268 e. The largest absolute Gasteiger partial charge is 0.381 e. The van der Waals surface area contributed by atoms with Gasteiger partial charge in [-0.25, -0.2) is 0 Å². The topological polar surface area (TPSA) is 71.2 Å². The first-order valence-corrected chi connectivity index (χ1v) is 8.16. The van der Waals surface area contributed by atoms with Crippen LogP contribution in [0.5, 0.6) is 0 Å². The van der Waals surface area contributed by atoms with Crippen molar-refractivity contribution in [3.63, 3.8) is 0 Å². The van der Waals surface area contributed by atoms with Crippen molar-refractivity contribution in [2.24, 2.45) is 0 Å². The number of aryl methyl sites for hydroxylation is 1. The van der Waals surface area contributed by atoms with Gasteiger partial charge in [0, 0.05) is 31.5 Å². The molecule has 2 N–H and O–H groups in total. The van der Waals surface area contributed by atoms with Crippen LogP contribution >= 0.6 is 0 Å². The van der Waals surface area contributed by atoms with E-state index in [1.807, 2.05) is 31.2 Å². The van der Waals surface area contributed by atoms with Gasteiger partial charge in [-0.15, -0.1) is 0 Å². The number of ether oxygens (including phenoxy) is 1. The molecule has 1 aromatic carbocycles. The zero-order valence-electron chi connectivity index (χ0n) is 14.0. The number of methoxy groups -OCH3 is 1. The Labute approximate surface area is 141 Å². The summed E-state index contributed by atoms with van der Waals surface area (Å²) < 4.78 is 5.24. The molecule has 0 saturated heterocycles. The van der Waals surface area contributed by atoms with Crippen LogP contribution in [-0.4, -0.2) is 24.1 Å². The standard InChI is InChI=1S/C19H22N2O3/c1-12-3-5-13(6-4-12)10-21-19(23)17-9-18(22)16(11-20-17)14-7-15(8-14)24-2/h3-6,9,11,14-15H,7-8,10H2,1-2H3,(H,20,22)(H,21,23). The number of benzene rings is 1. The molecule has 1 aliphatic rings. The third-order valence-corrected chi connectivity index (χ3v) is 4.63. The third-order valence-electron chi connectivity index (χ3n) is 4.63. The minimum atomic E-state index is -0.275. The van der Waals surface area contributed by atoms with Crippen molar-refractivity contribution in [3.8, 4) is 0 Å². The van der Waals surface area contributed by atoms with Crippen molar-refractivity contribution in [1.82, 2.24) is 10.3 Å². The van der Waals surface area contributed by atoms with Gasteiger partial charge in [-0.1, -0.05) is 29.8 Å². The highest BCUT2D eigenvalue weighted by atomic mass is 16.5. The maximum Gasteiger partial charge on any atom is 0.268 e.